The monoisotopic (exact) mass is 230 g/mol. The Bertz CT molecular complexity index is 503. The Morgan fingerprint density at radius 3 is 2.59 bits per heavy atom. The minimum absolute atomic E-state index is 0.157. The van der Waals surface area contributed by atoms with E-state index < -0.39 is 6.09 Å². The largest absolute Gasteiger partial charge is 0.445 e. The average Bonchev–Trinajstić information content (AvgIpc) is 2.78. The van der Waals surface area contributed by atoms with Crippen molar-refractivity contribution in [2.24, 2.45) is 0 Å². The minimum Gasteiger partial charge on any atom is -0.445 e. The van der Waals surface area contributed by atoms with Gasteiger partial charge in [0.1, 0.15) is 0 Å². The molecule has 0 N–H and O–H groups in total. The second-order valence-electron chi connectivity index (χ2n) is 3.93. The Labute approximate surface area is 99.8 Å². The van der Waals surface area contributed by atoms with Crippen molar-refractivity contribution in [2.75, 3.05) is 0 Å². The highest BCUT2D eigenvalue weighted by Crippen LogP contribution is 2.18. The number of benzene rings is 1. The summed E-state index contributed by atoms with van der Waals surface area (Å²) in [5, 5.41) is 3.99. The molecule has 0 aliphatic rings. The van der Waals surface area contributed by atoms with Crippen molar-refractivity contribution < 1.29 is 9.53 Å². The van der Waals surface area contributed by atoms with Crippen molar-refractivity contribution in [3.8, 4) is 11.3 Å². The van der Waals surface area contributed by atoms with Gasteiger partial charge in [-0.25, -0.2) is 4.79 Å². The highest BCUT2D eigenvalue weighted by atomic mass is 16.6. The van der Waals surface area contributed by atoms with E-state index >= 15 is 0 Å². The molecule has 0 saturated heterocycles. The van der Waals surface area contributed by atoms with Crippen LogP contribution < -0.4 is 0 Å². The van der Waals surface area contributed by atoms with E-state index in [9.17, 15) is 4.79 Å². The number of hydrogen-bond acceptors (Lipinski definition) is 3. The average molecular weight is 230 g/mol. The summed E-state index contributed by atoms with van der Waals surface area (Å²) in [4.78, 5) is 11.8. The maximum Gasteiger partial charge on any atom is 0.435 e. The van der Waals surface area contributed by atoms with Crippen LogP contribution in [-0.2, 0) is 4.74 Å². The summed E-state index contributed by atoms with van der Waals surface area (Å²) in [7, 11) is 0. The van der Waals surface area contributed by atoms with Crippen LogP contribution >= 0.6 is 0 Å². The zero-order chi connectivity index (χ0) is 12.3. The van der Waals surface area contributed by atoms with E-state index in [0.717, 1.165) is 11.3 Å². The summed E-state index contributed by atoms with van der Waals surface area (Å²) in [5.74, 6) is 0. The first-order valence-corrected chi connectivity index (χ1v) is 5.49. The van der Waals surface area contributed by atoms with Crippen LogP contribution in [0, 0.1) is 0 Å². The van der Waals surface area contributed by atoms with Gasteiger partial charge < -0.3 is 4.74 Å². The van der Waals surface area contributed by atoms with E-state index in [0.29, 0.717) is 0 Å². The number of carbonyl (C=O) groups excluding carboxylic acids is 1. The summed E-state index contributed by atoms with van der Waals surface area (Å²) < 4.78 is 6.39. The van der Waals surface area contributed by atoms with Crippen molar-refractivity contribution in [1.29, 1.82) is 0 Å². The molecule has 0 amide bonds. The van der Waals surface area contributed by atoms with Crippen LogP contribution in [0.2, 0.25) is 0 Å². The molecule has 1 heterocycles. The maximum absolute atomic E-state index is 11.8. The predicted octanol–water partition coefficient (Wildman–Crippen LogP) is 2.94. The standard InChI is InChI=1S/C13H14N2O2/c1-10(2)17-13(16)15-12(8-9-14-15)11-6-4-3-5-7-11/h3-10H,1-2H3. The van der Waals surface area contributed by atoms with Gasteiger partial charge in [0.15, 0.2) is 0 Å². The first kappa shape index (κ1) is 11.4. The third kappa shape index (κ3) is 2.53. The molecule has 17 heavy (non-hydrogen) atoms. The fourth-order valence-corrected chi connectivity index (χ4v) is 1.53. The topological polar surface area (TPSA) is 44.1 Å². The van der Waals surface area contributed by atoms with Crippen LogP contribution in [-0.4, -0.2) is 22.0 Å². The number of ether oxygens (including phenoxy) is 1. The molecular weight excluding hydrogens is 216 g/mol. The van der Waals surface area contributed by atoms with Crippen LogP contribution in [0.15, 0.2) is 42.6 Å². The molecular formula is C13H14N2O2. The molecule has 0 aliphatic carbocycles. The molecule has 2 rings (SSSR count). The third-order valence-electron chi connectivity index (χ3n) is 2.22. The Kier molecular flexibility index (Phi) is 3.23. The Balaban J connectivity index is 2.32. The molecule has 0 fully saturated rings. The normalized spacial score (nSPS) is 10.5. The number of nitrogens with zero attached hydrogens (tertiary/aromatic N) is 2. The van der Waals surface area contributed by atoms with Gasteiger partial charge in [0, 0.05) is 5.56 Å². The van der Waals surface area contributed by atoms with Gasteiger partial charge in [-0.15, -0.1) is 0 Å². The molecule has 1 aromatic carbocycles. The van der Waals surface area contributed by atoms with E-state index in [4.69, 9.17) is 4.74 Å². The van der Waals surface area contributed by atoms with Gasteiger partial charge in [0.25, 0.3) is 0 Å². The van der Waals surface area contributed by atoms with Crippen LogP contribution in [0.5, 0.6) is 0 Å². The van der Waals surface area contributed by atoms with E-state index in [-0.39, 0.29) is 6.10 Å². The van der Waals surface area contributed by atoms with Crippen LogP contribution in [0.3, 0.4) is 0 Å². The molecule has 0 aliphatic heterocycles. The van der Waals surface area contributed by atoms with Gasteiger partial charge in [0.05, 0.1) is 18.0 Å². The molecule has 88 valence electrons. The number of carbonyl (C=O) groups is 1. The fraction of sp³-hybridized carbons (Fsp3) is 0.231. The molecule has 0 bridgehead atoms. The van der Waals surface area contributed by atoms with Crippen molar-refractivity contribution in [3.05, 3.63) is 42.6 Å². The van der Waals surface area contributed by atoms with E-state index in [1.807, 2.05) is 44.2 Å². The number of aromatic nitrogens is 2. The van der Waals surface area contributed by atoms with Crippen molar-refractivity contribution in [1.82, 2.24) is 9.78 Å². The quantitative estimate of drug-likeness (QED) is 0.796. The van der Waals surface area contributed by atoms with E-state index in [1.54, 1.807) is 12.3 Å². The molecule has 4 nitrogen and oxygen atoms in total. The molecule has 0 radical (unpaired) electrons. The summed E-state index contributed by atoms with van der Waals surface area (Å²) in [6.07, 6.45) is 0.975. The van der Waals surface area contributed by atoms with Crippen molar-refractivity contribution in [2.45, 2.75) is 20.0 Å². The highest BCUT2D eigenvalue weighted by molar-refractivity contribution is 5.77. The van der Waals surface area contributed by atoms with E-state index in [1.165, 1.54) is 4.68 Å². The van der Waals surface area contributed by atoms with Crippen molar-refractivity contribution in [3.63, 3.8) is 0 Å². The first-order chi connectivity index (χ1) is 8.18. The lowest BCUT2D eigenvalue weighted by molar-refractivity contribution is 0.114. The van der Waals surface area contributed by atoms with Gasteiger partial charge in [-0.1, -0.05) is 30.3 Å². The van der Waals surface area contributed by atoms with Gasteiger partial charge in [-0.2, -0.15) is 9.78 Å². The lowest BCUT2D eigenvalue weighted by Crippen LogP contribution is -2.19. The molecule has 1 aromatic heterocycles. The highest BCUT2D eigenvalue weighted by Gasteiger charge is 2.14. The Morgan fingerprint density at radius 2 is 1.94 bits per heavy atom. The van der Waals surface area contributed by atoms with Crippen LogP contribution in [0.4, 0.5) is 4.79 Å². The zero-order valence-corrected chi connectivity index (χ0v) is 9.83. The molecule has 0 spiro atoms. The molecule has 0 unspecified atom stereocenters. The van der Waals surface area contributed by atoms with Crippen molar-refractivity contribution >= 4 is 6.09 Å². The zero-order valence-electron chi connectivity index (χ0n) is 9.83. The van der Waals surface area contributed by atoms with Crippen LogP contribution in [0.1, 0.15) is 13.8 Å². The number of hydrogen-bond donors (Lipinski definition) is 0. The van der Waals surface area contributed by atoms with Gasteiger partial charge in [-0.05, 0) is 19.9 Å². The lowest BCUT2D eigenvalue weighted by Gasteiger charge is -2.09. The van der Waals surface area contributed by atoms with E-state index in [2.05, 4.69) is 5.10 Å². The molecule has 0 saturated carbocycles. The fourth-order valence-electron chi connectivity index (χ4n) is 1.53. The molecule has 4 heteroatoms. The Hall–Kier alpha value is -2.10. The Morgan fingerprint density at radius 1 is 1.24 bits per heavy atom. The maximum atomic E-state index is 11.8. The summed E-state index contributed by atoms with van der Waals surface area (Å²) in [5.41, 5.74) is 1.67. The second kappa shape index (κ2) is 4.82. The lowest BCUT2D eigenvalue weighted by atomic mass is 10.1. The second-order valence-corrected chi connectivity index (χ2v) is 3.93. The third-order valence-corrected chi connectivity index (χ3v) is 2.22. The summed E-state index contributed by atoms with van der Waals surface area (Å²) >= 11 is 0. The minimum atomic E-state index is -0.455. The predicted molar refractivity (Wildman–Crippen MR) is 64.7 cm³/mol. The van der Waals surface area contributed by atoms with Crippen LogP contribution in [0.25, 0.3) is 11.3 Å². The first-order valence-electron chi connectivity index (χ1n) is 5.49. The van der Waals surface area contributed by atoms with Gasteiger partial charge >= 0.3 is 6.09 Å². The molecule has 2 aromatic rings. The summed E-state index contributed by atoms with van der Waals surface area (Å²) in [6.45, 7) is 3.62. The SMILES string of the molecule is CC(C)OC(=O)n1nccc1-c1ccccc1. The smallest absolute Gasteiger partial charge is 0.435 e. The molecule has 0 atom stereocenters. The van der Waals surface area contributed by atoms with Gasteiger partial charge in [0.2, 0.25) is 0 Å². The summed E-state index contributed by atoms with van der Waals surface area (Å²) in [6, 6.07) is 11.4. The number of rotatable bonds is 2. The van der Waals surface area contributed by atoms with Gasteiger partial charge in [-0.3, -0.25) is 0 Å².